The fourth-order valence-electron chi connectivity index (χ4n) is 15.9. The van der Waals surface area contributed by atoms with Gasteiger partial charge >= 0.3 is 6.18 Å². The summed E-state index contributed by atoms with van der Waals surface area (Å²) in [5.41, 5.74) is 18.0. The van der Waals surface area contributed by atoms with Crippen molar-refractivity contribution in [3.05, 3.63) is 248 Å². The van der Waals surface area contributed by atoms with Crippen LogP contribution in [0.25, 0.3) is 43.6 Å². The molecule has 103 heavy (non-hydrogen) atoms. The molecule has 12 aromatic rings. The number of likely N-dealkylation sites (N-methyl/N-ethyl adjacent to an activating group) is 3. The number of H-pyrrole nitrogens is 1. The van der Waals surface area contributed by atoms with E-state index < -0.39 is 34.8 Å². The molecule has 1 aliphatic carbocycles. The summed E-state index contributed by atoms with van der Waals surface area (Å²) in [6.45, 7) is 18.5. The molecule has 0 saturated heterocycles. The van der Waals surface area contributed by atoms with Gasteiger partial charge < -0.3 is 53.6 Å². The molecule has 8 aromatic heterocycles. The molecular weight excluding hydrogens is 1310 g/mol. The number of hydrogen-bond acceptors (Lipinski definition) is 12. The first-order valence-electron chi connectivity index (χ1n) is 35.7. The normalized spacial score (nSPS) is 18.2. The molecular formula is C82H96F3N12O6+. The largest absolute Gasteiger partial charge is 0.433 e. The van der Waals surface area contributed by atoms with Gasteiger partial charge in [0.2, 0.25) is 0 Å². The van der Waals surface area contributed by atoms with Crippen LogP contribution in [0.2, 0.25) is 0 Å². The van der Waals surface area contributed by atoms with Gasteiger partial charge in [0, 0.05) is 177 Å². The van der Waals surface area contributed by atoms with Crippen LogP contribution in [0.5, 0.6) is 0 Å². The van der Waals surface area contributed by atoms with Crippen LogP contribution in [-0.2, 0) is 108 Å². The number of aromatic nitrogens is 9. The first kappa shape index (κ1) is 72.5. The number of aliphatic hydroxyl groups is 5. The van der Waals surface area contributed by atoms with Crippen LogP contribution in [0.15, 0.2) is 153 Å². The van der Waals surface area contributed by atoms with Crippen LogP contribution < -0.4 is 0 Å². The molecule has 0 radical (unpaired) electrons. The van der Waals surface area contributed by atoms with E-state index in [1.807, 2.05) is 57.3 Å². The van der Waals surface area contributed by atoms with Crippen LogP contribution >= 0.6 is 0 Å². The van der Waals surface area contributed by atoms with Gasteiger partial charge in [-0.15, -0.1) is 0 Å². The number of rotatable bonds is 13. The summed E-state index contributed by atoms with van der Waals surface area (Å²) in [7, 11) is 6.11. The maximum atomic E-state index is 12.8. The van der Waals surface area contributed by atoms with E-state index in [0.717, 1.165) is 109 Å². The zero-order chi connectivity index (χ0) is 72.9. The number of aliphatic hydroxyl groups excluding tert-OH is 2. The molecule has 0 amide bonds. The van der Waals surface area contributed by atoms with Gasteiger partial charge in [-0.2, -0.15) is 22.9 Å². The Morgan fingerprint density at radius 2 is 1.01 bits per heavy atom. The number of nitrogens with zero attached hydrogens (tertiary/aromatic N) is 11. The second-order valence-corrected chi connectivity index (χ2v) is 30.1. The first-order valence-corrected chi connectivity index (χ1v) is 35.7. The van der Waals surface area contributed by atoms with Crippen molar-refractivity contribution in [2.75, 3.05) is 40.8 Å². The first-order chi connectivity index (χ1) is 49.1. The van der Waals surface area contributed by atoms with E-state index in [0.29, 0.717) is 38.3 Å². The molecule has 5 unspecified atom stereocenters. The third-order valence-electron chi connectivity index (χ3n) is 21.5. The third-order valence-corrected chi connectivity index (χ3v) is 21.5. The van der Waals surface area contributed by atoms with Crippen LogP contribution in [0.3, 0.4) is 0 Å². The van der Waals surface area contributed by atoms with Gasteiger partial charge in [0.05, 0.1) is 52.1 Å². The van der Waals surface area contributed by atoms with Gasteiger partial charge in [-0.3, -0.25) is 20.1 Å². The lowest BCUT2D eigenvalue weighted by Gasteiger charge is -2.31. The van der Waals surface area contributed by atoms with Crippen molar-refractivity contribution < 1.29 is 48.6 Å². The predicted molar refractivity (Wildman–Crippen MR) is 395 cm³/mol. The SMILES string of the molecule is CC(O)(Cn1c2c(c3cc(CO)ccc31)CCCC2)c1cccnc1.Cc1ccc2c(c1)c1c(n2CC(C)(O)c2ccc(C(F)(F)F)nc2)CCN(C)C1.Cc1ccc2c(c1)c1c(n2CC(C)(O)c2cccnc2)CC[N+](C)(O)C1.Cc1ccc2c(c1)c1c(n2CC(O)c2cn[nH]c2)CCN(C)C1. The number of pyridine rings is 3. The van der Waals surface area contributed by atoms with Gasteiger partial charge in [0.15, 0.2) is 0 Å². The van der Waals surface area contributed by atoms with Gasteiger partial charge in [-0.25, -0.2) is 5.21 Å². The molecule has 5 atom stereocenters. The lowest BCUT2D eigenvalue weighted by atomic mass is 9.94. The Labute approximate surface area is 599 Å². The molecule has 0 bridgehead atoms. The highest BCUT2D eigenvalue weighted by Gasteiger charge is 2.37. The highest BCUT2D eigenvalue weighted by molar-refractivity contribution is 5.89. The van der Waals surface area contributed by atoms with Crippen molar-refractivity contribution in [2.45, 2.75) is 168 Å². The second-order valence-electron chi connectivity index (χ2n) is 30.1. The minimum absolute atomic E-state index is 0.0129. The third kappa shape index (κ3) is 15.3. The number of nitrogens with one attached hydrogen (secondary N) is 1. The minimum atomic E-state index is -4.50. The van der Waals surface area contributed by atoms with Gasteiger partial charge in [-0.05, 0) is 170 Å². The summed E-state index contributed by atoms with van der Waals surface area (Å²) in [5, 5.41) is 75.7. The number of fused-ring (bicyclic) bond motifs is 12. The fourth-order valence-corrected chi connectivity index (χ4v) is 15.9. The number of hydrogen-bond donors (Lipinski definition) is 7. The van der Waals surface area contributed by atoms with Crippen molar-refractivity contribution in [3.63, 3.8) is 0 Å². The molecule has 4 aliphatic rings. The summed E-state index contributed by atoms with van der Waals surface area (Å²) in [6.07, 6.45) is 13.6. The molecule has 11 heterocycles. The van der Waals surface area contributed by atoms with E-state index in [9.17, 15) is 43.9 Å². The summed E-state index contributed by atoms with van der Waals surface area (Å²) in [6, 6.07) is 35.3. The molecule has 18 nitrogen and oxygen atoms in total. The number of alkyl halides is 3. The Kier molecular flexibility index (Phi) is 20.4. The highest BCUT2D eigenvalue weighted by atomic mass is 19.4. The van der Waals surface area contributed by atoms with Gasteiger partial charge in [0.1, 0.15) is 35.6 Å². The van der Waals surface area contributed by atoms with E-state index >= 15 is 0 Å². The van der Waals surface area contributed by atoms with Gasteiger partial charge in [0.25, 0.3) is 0 Å². The standard InChI is InChI=1S/C22H24F3N3O.C21H26N3O2.C21H24N2O2.C18H22N4O/c1-14-4-6-18-16(10-14)17-12-27(3)9-8-19(17)28(18)13-21(2,29)15-5-7-20(26-11-15)22(23,24)25;1-15-6-7-19-17(11-15)18-13-24(3,26)10-8-20(18)23(19)14-21(2,25)16-5-4-9-22-12-16;1-21(25,16-5-4-10-22-12-16)14-23-19-7-3-2-6-17(19)18-11-15(13-24)8-9-20(18)23;1-12-3-4-16-14(7-12)15-10-21(2)6-5-17(15)22(16)11-18(23)13-8-19-20-9-13/h4-7,10-11,29H,8-9,12-13H2,1-3H3;4-7,9,11-12,25-26H,8,10,13-14H2,1-3H3;4-5,8-12,24-25H,2-3,6-7,13-14H2,1H3;3-4,7-9,18,23H,5-6,10-11H2,1-2H3,(H,19,20)/q;+1;;. The summed E-state index contributed by atoms with van der Waals surface area (Å²) in [5.74, 6) is 0. The Bertz CT molecular complexity index is 5000. The Morgan fingerprint density at radius 1 is 0.544 bits per heavy atom. The molecule has 21 heteroatoms. The van der Waals surface area contributed by atoms with E-state index in [1.54, 1.807) is 44.1 Å². The van der Waals surface area contributed by atoms with Crippen LogP contribution in [0.1, 0.15) is 135 Å². The van der Waals surface area contributed by atoms with Crippen molar-refractivity contribution in [3.8, 4) is 0 Å². The van der Waals surface area contributed by atoms with Gasteiger partial charge in [-0.1, -0.05) is 59.2 Å². The molecule has 0 spiro atoms. The van der Waals surface area contributed by atoms with Crippen molar-refractivity contribution in [1.82, 2.24) is 53.2 Å². The summed E-state index contributed by atoms with van der Waals surface area (Å²) in [4.78, 5) is 16.5. The van der Waals surface area contributed by atoms with Crippen LogP contribution in [-0.4, -0.2) is 129 Å². The summed E-state index contributed by atoms with van der Waals surface area (Å²) >= 11 is 0. The lowest BCUT2D eigenvalue weighted by molar-refractivity contribution is -1.10. The fraction of sp³-hybridized carbons (Fsp3) is 0.390. The molecule has 0 saturated carbocycles. The number of aromatic amines is 1. The molecule has 540 valence electrons. The number of quaternary nitrogens is 1. The maximum absolute atomic E-state index is 12.8. The zero-order valence-electron chi connectivity index (χ0n) is 60.5. The zero-order valence-corrected chi connectivity index (χ0v) is 60.5. The number of hydroxylamine groups is 3. The maximum Gasteiger partial charge on any atom is 0.433 e. The average Bonchev–Trinajstić information content (AvgIpc) is 1.61. The highest BCUT2D eigenvalue weighted by Crippen LogP contribution is 2.40. The topological polar surface area (TPSA) is 215 Å². The Balaban J connectivity index is 0.000000123. The van der Waals surface area contributed by atoms with E-state index in [2.05, 4.69) is 149 Å². The lowest BCUT2D eigenvalue weighted by Crippen LogP contribution is -2.44. The van der Waals surface area contributed by atoms with E-state index in [-0.39, 0.29) is 17.8 Å². The van der Waals surface area contributed by atoms with E-state index in [1.165, 1.54) is 108 Å². The minimum Gasteiger partial charge on any atom is -0.392 e. The summed E-state index contributed by atoms with van der Waals surface area (Å²) < 4.78 is 47.4. The molecule has 16 rings (SSSR count). The molecule has 4 aromatic carbocycles. The Morgan fingerprint density at radius 3 is 1.49 bits per heavy atom. The predicted octanol–water partition coefficient (Wildman–Crippen LogP) is 13.1. The average molecular weight is 1400 g/mol. The van der Waals surface area contributed by atoms with Crippen LogP contribution in [0.4, 0.5) is 13.2 Å². The molecule has 7 N–H and O–H groups in total. The number of benzene rings is 4. The smallest absolute Gasteiger partial charge is 0.392 e. The van der Waals surface area contributed by atoms with Crippen molar-refractivity contribution in [2.24, 2.45) is 0 Å². The monoisotopic (exact) mass is 1400 g/mol. The number of halogens is 3. The quantitative estimate of drug-likeness (QED) is 0.0537. The second kappa shape index (κ2) is 29.0. The van der Waals surface area contributed by atoms with E-state index in [4.69, 9.17) is 0 Å². The molecule has 0 fully saturated rings. The van der Waals surface area contributed by atoms with Crippen molar-refractivity contribution >= 4 is 43.6 Å². The van der Waals surface area contributed by atoms with Crippen LogP contribution in [0, 0.1) is 20.8 Å². The Hall–Kier alpha value is -8.87. The van der Waals surface area contributed by atoms with Crippen molar-refractivity contribution in [1.29, 1.82) is 0 Å². The number of aryl methyl sites for hydroxylation is 4. The molecule has 3 aliphatic heterocycles.